The Morgan fingerprint density at radius 2 is 1.95 bits per heavy atom. The second kappa shape index (κ2) is 6.20. The van der Waals surface area contributed by atoms with Crippen molar-refractivity contribution < 1.29 is 15.0 Å². The standard InChI is InChI=1S/C16H24O3/c1-11-5-6-12(9-14(11)16(2,3)4)7-8-13(10-17)15(18)19/h5-6,9,13,17H,7-8,10H2,1-4H3,(H,18,19). The van der Waals surface area contributed by atoms with Crippen LogP contribution in [0.5, 0.6) is 0 Å². The van der Waals surface area contributed by atoms with E-state index in [1.165, 1.54) is 11.1 Å². The minimum Gasteiger partial charge on any atom is -0.481 e. The minimum atomic E-state index is -0.925. The summed E-state index contributed by atoms with van der Waals surface area (Å²) in [5.41, 5.74) is 3.77. The maximum absolute atomic E-state index is 10.9. The summed E-state index contributed by atoms with van der Waals surface area (Å²) in [7, 11) is 0. The van der Waals surface area contributed by atoms with Crippen molar-refractivity contribution in [2.24, 2.45) is 5.92 Å². The van der Waals surface area contributed by atoms with Crippen LogP contribution in [0.4, 0.5) is 0 Å². The van der Waals surface area contributed by atoms with Crippen LogP contribution >= 0.6 is 0 Å². The van der Waals surface area contributed by atoms with Gasteiger partial charge in [-0.1, -0.05) is 39.0 Å². The number of aliphatic carboxylic acids is 1. The SMILES string of the molecule is Cc1ccc(CCC(CO)C(=O)O)cc1C(C)(C)C. The van der Waals surface area contributed by atoms with Gasteiger partial charge in [-0.2, -0.15) is 0 Å². The quantitative estimate of drug-likeness (QED) is 0.859. The van der Waals surface area contributed by atoms with E-state index in [1.54, 1.807) is 0 Å². The van der Waals surface area contributed by atoms with E-state index in [0.29, 0.717) is 12.8 Å². The number of benzene rings is 1. The van der Waals surface area contributed by atoms with Crippen LogP contribution in [0.3, 0.4) is 0 Å². The number of aliphatic hydroxyl groups is 1. The van der Waals surface area contributed by atoms with Crippen LogP contribution in [0.15, 0.2) is 18.2 Å². The smallest absolute Gasteiger partial charge is 0.308 e. The van der Waals surface area contributed by atoms with Crippen molar-refractivity contribution in [2.75, 3.05) is 6.61 Å². The molecule has 0 fully saturated rings. The summed E-state index contributed by atoms with van der Waals surface area (Å²) < 4.78 is 0. The van der Waals surface area contributed by atoms with Crippen LogP contribution < -0.4 is 0 Å². The molecule has 0 aliphatic heterocycles. The molecule has 3 heteroatoms. The molecule has 1 unspecified atom stereocenters. The molecule has 0 aliphatic rings. The van der Waals surface area contributed by atoms with Gasteiger partial charge in [0.05, 0.1) is 12.5 Å². The van der Waals surface area contributed by atoms with Crippen LogP contribution in [0.25, 0.3) is 0 Å². The molecule has 0 saturated carbocycles. The number of carbonyl (C=O) groups is 1. The van der Waals surface area contributed by atoms with Gasteiger partial charge in [-0.05, 0) is 41.9 Å². The van der Waals surface area contributed by atoms with Gasteiger partial charge in [-0.25, -0.2) is 0 Å². The Hall–Kier alpha value is -1.35. The van der Waals surface area contributed by atoms with Gasteiger partial charge < -0.3 is 10.2 Å². The maximum Gasteiger partial charge on any atom is 0.308 e. The van der Waals surface area contributed by atoms with Crippen molar-refractivity contribution in [3.63, 3.8) is 0 Å². The zero-order valence-corrected chi connectivity index (χ0v) is 12.2. The summed E-state index contributed by atoms with van der Waals surface area (Å²) in [5.74, 6) is -1.59. The van der Waals surface area contributed by atoms with Gasteiger partial charge in [0.25, 0.3) is 0 Å². The molecule has 1 aromatic carbocycles. The Kier molecular flexibility index (Phi) is 5.12. The van der Waals surface area contributed by atoms with Crippen LogP contribution in [0.1, 0.15) is 43.9 Å². The van der Waals surface area contributed by atoms with Crippen molar-refractivity contribution in [2.45, 2.75) is 46.0 Å². The van der Waals surface area contributed by atoms with Crippen LogP contribution in [0.2, 0.25) is 0 Å². The molecule has 0 bridgehead atoms. The average Bonchev–Trinajstić information content (AvgIpc) is 2.30. The van der Waals surface area contributed by atoms with Crippen LogP contribution in [-0.2, 0) is 16.6 Å². The molecule has 0 amide bonds. The molecular weight excluding hydrogens is 240 g/mol. The molecule has 1 rings (SSSR count). The lowest BCUT2D eigenvalue weighted by atomic mass is 9.82. The van der Waals surface area contributed by atoms with E-state index in [4.69, 9.17) is 10.2 Å². The average molecular weight is 264 g/mol. The molecule has 0 spiro atoms. The fourth-order valence-electron chi connectivity index (χ4n) is 2.27. The molecule has 0 aromatic heterocycles. The Labute approximate surface area is 115 Å². The van der Waals surface area contributed by atoms with E-state index < -0.39 is 11.9 Å². The van der Waals surface area contributed by atoms with Gasteiger partial charge in [-0.15, -0.1) is 0 Å². The van der Waals surface area contributed by atoms with Crippen molar-refractivity contribution in [1.29, 1.82) is 0 Å². The summed E-state index contributed by atoms with van der Waals surface area (Å²) in [6.07, 6.45) is 1.15. The number of rotatable bonds is 5. The van der Waals surface area contributed by atoms with Gasteiger partial charge in [0.1, 0.15) is 0 Å². The normalized spacial score (nSPS) is 13.3. The first kappa shape index (κ1) is 15.7. The lowest BCUT2D eigenvalue weighted by Crippen LogP contribution is -2.18. The minimum absolute atomic E-state index is 0.0866. The number of hydrogen-bond donors (Lipinski definition) is 2. The maximum atomic E-state index is 10.9. The van der Waals surface area contributed by atoms with Crippen LogP contribution in [0, 0.1) is 12.8 Å². The first-order valence-electron chi connectivity index (χ1n) is 6.69. The molecule has 19 heavy (non-hydrogen) atoms. The summed E-state index contributed by atoms with van der Waals surface area (Å²) in [6.45, 7) is 8.32. The topological polar surface area (TPSA) is 57.5 Å². The van der Waals surface area contributed by atoms with E-state index in [-0.39, 0.29) is 12.0 Å². The number of hydrogen-bond acceptors (Lipinski definition) is 2. The lowest BCUT2D eigenvalue weighted by molar-refractivity contribution is -0.143. The molecule has 0 heterocycles. The molecular formula is C16H24O3. The Balaban J connectivity index is 2.83. The monoisotopic (exact) mass is 264 g/mol. The van der Waals surface area contributed by atoms with Gasteiger partial charge in [0, 0.05) is 0 Å². The summed E-state index contributed by atoms with van der Waals surface area (Å²) in [6, 6.07) is 6.29. The molecule has 2 N–H and O–H groups in total. The zero-order valence-electron chi connectivity index (χ0n) is 12.2. The Morgan fingerprint density at radius 3 is 2.42 bits per heavy atom. The Morgan fingerprint density at radius 1 is 1.32 bits per heavy atom. The molecule has 106 valence electrons. The molecule has 1 aromatic rings. The third kappa shape index (κ3) is 4.35. The Bertz CT molecular complexity index is 444. The summed E-state index contributed by atoms with van der Waals surface area (Å²) in [4.78, 5) is 10.9. The molecule has 0 radical (unpaired) electrons. The van der Waals surface area contributed by atoms with Crippen molar-refractivity contribution in [1.82, 2.24) is 0 Å². The fraction of sp³-hybridized carbons (Fsp3) is 0.562. The van der Waals surface area contributed by atoms with E-state index in [2.05, 4.69) is 39.8 Å². The second-order valence-electron chi connectivity index (χ2n) is 6.16. The number of carboxylic acid groups (broad SMARTS) is 1. The first-order valence-corrected chi connectivity index (χ1v) is 6.69. The van der Waals surface area contributed by atoms with Crippen molar-refractivity contribution in [3.8, 4) is 0 Å². The van der Waals surface area contributed by atoms with Crippen molar-refractivity contribution in [3.05, 3.63) is 34.9 Å². The van der Waals surface area contributed by atoms with Crippen molar-refractivity contribution >= 4 is 5.97 Å². The summed E-state index contributed by atoms with van der Waals surface area (Å²) in [5, 5.41) is 17.9. The molecule has 3 nitrogen and oxygen atoms in total. The number of carboxylic acids is 1. The number of aryl methyl sites for hydroxylation is 2. The highest BCUT2D eigenvalue weighted by molar-refractivity contribution is 5.70. The van der Waals surface area contributed by atoms with E-state index in [1.807, 2.05) is 6.07 Å². The summed E-state index contributed by atoms with van der Waals surface area (Å²) >= 11 is 0. The van der Waals surface area contributed by atoms with Gasteiger partial charge in [0.15, 0.2) is 0 Å². The van der Waals surface area contributed by atoms with Crippen LogP contribution in [-0.4, -0.2) is 22.8 Å². The van der Waals surface area contributed by atoms with Gasteiger partial charge >= 0.3 is 5.97 Å². The predicted octanol–water partition coefficient (Wildman–Crippen LogP) is 2.92. The first-order chi connectivity index (χ1) is 8.75. The third-order valence-corrected chi connectivity index (χ3v) is 3.46. The van der Waals surface area contributed by atoms with E-state index in [0.717, 1.165) is 5.56 Å². The highest BCUT2D eigenvalue weighted by Gasteiger charge is 2.18. The molecule has 1 atom stereocenters. The molecule has 0 saturated heterocycles. The van der Waals surface area contributed by atoms with Gasteiger partial charge in [-0.3, -0.25) is 4.79 Å². The molecule has 0 aliphatic carbocycles. The number of aliphatic hydroxyl groups excluding tert-OH is 1. The fourth-order valence-corrected chi connectivity index (χ4v) is 2.27. The lowest BCUT2D eigenvalue weighted by Gasteiger charge is -2.22. The van der Waals surface area contributed by atoms with E-state index >= 15 is 0 Å². The second-order valence-corrected chi connectivity index (χ2v) is 6.16. The predicted molar refractivity (Wildman–Crippen MR) is 76.4 cm³/mol. The zero-order chi connectivity index (χ0) is 14.6. The third-order valence-electron chi connectivity index (χ3n) is 3.46. The highest BCUT2D eigenvalue weighted by Crippen LogP contribution is 2.27. The largest absolute Gasteiger partial charge is 0.481 e. The highest BCUT2D eigenvalue weighted by atomic mass is 16.4. The van der Waals surface area contributed by atoms with E-state index in [9.17, 15) is 4.79 Å². The van der Waals surface area contributed by atoms with Gasteiger partial charge in [0.2, 0.25) is 0 Å².